The molecule has 0 bridgehead atoms. The molecule has 0 saturated heterocycles. The van der Waals surface area contributed by atoms with Crippen molar-refractivity contribution in [3.8, 4) is 0 Å². The molecule has 14 heavy (non-hydrogen) atoms. The van der Waals surface area contributed by atoms with E-state index in [2.05, 4.69) is 22.2 Å². The highest BCUT2D eigenvalue weighted by molar-refractivity contribution is 5.98. The van der Waals surface area contributed by atoms with Crippen LogP contribution in [0, 0.1) is 5.53 Å². The maximum atomic E-state index is 6.93. The molecule has 0 aromatic heterocycles. The Kier molecular flexibility index (Phi) is 3.55. The van der Waals surface area contributed by atoms with Gasteiger partial charge in [-0.15, -0.1) is 5.11 Å². The number of nitrogens with zero attached hydrogens (tertiary/aromatic N) is 2. The molecule has 0 spiro atoms. The first kappa shape index (κ1) is 10.1. The first-order chi connectivity index (χ1) is 6.81. The average molecular weight is 188 g/mol. The lowest BCUT2D eigenvalue weighted by Gasteiger charge is -1.99. The Balaban J connectivity index is 3.00. The van der Waals surface area contributed by atoms with Crippen molar-refractivity contribution in [1.82, 2.24) is 5.43 Å². The molecule has 0 fully saturated rings. The molecule has 2 N–H and O–H groups in total. The summed E-state index contributed by atoms with van der Waals surface area (Å²) >= 11 is 0. The summed E-state index contributed by atoms with van der Waals surface area (Å²) in [5.41, 5.74) is 11.4. The van der Waals surface area contributed by atoms with Gasteiger partial charge in [-0.05, 0) is 5.56 Å². The molecular weight excluding hydrogens is 176 g/mol. The van der Waals surface area contributed by atoms with Gasteiger partial charge >= 0.3 is 0 Å². The number of benzene rings is 1. The highest BCUT2D eigenvalue weighted by atomic mass is 15.3. The molecule has 0 aliphatic carbocycles. The van der Waals surface area contributed by atoms with Gasteiger partial charge in [-0.1, -0.05) is 36.9 Å². The normalized spacial score (nSPS) is 10.8. The molecule has 1 aromatic carbocycles. The van der Waals surface area contributed by atoms with E-state index in [0.29, 0.717) is 5.84 Å². The van der Waals surface area contributed by atoms with Crippen molar-refractivity contribution in [1.29, 1.82) is 5.53 Å². The quantitative estimate of drug-likeness (QED) is 0.325. The van der Waals surface area contributed by atoms with Gasteiger partial charge in [-0.3, -0.25) is 0 Å². The fourth-order valence-corrected chi connectivity index (χ4v) is 1.03. The maximum Gasteiger partial charge on any atom is 0.200 e. The van der Waals surface area contributed by atoms with Crippen LogP contribution in [0.3, 0.4) is 0 Å². The summed E-state index contributed by atoms with van der Waals surface area (Å²) in [7, 11) is 1.67. The number of hydrogen-bond acceptors (Lipinski definition) is 3. The highest BCUT2D eigenvalue weighted by Gasteiger charge is 2.00. The molecule has 4 heteroatoms. The SMILES string of the molecule is C=Cc1ccc(/C(N=N)=N/NC)cc1. The smallest absolute Gasteiger partial charge is 0.200 e. The largest absolute Gasteiger partial charge is 0.311 e. The second-order valence-corrected chi connectivity index (χ2v) is 2.60. The van der Waals surface area contributed by atoms with E-state index in [9.17, 15) is 0 Å². The van der Waals surface area contributed by atoms with E-state index >= 15 is 0 Å². The van der Waals surface area contributed by atoms with Crippen molar-refractivity contribution in [3.63, 3.8) is 0 Å². The first-order valence-corrected chi connectivity index (χ1v) is 4.16. The molecule has 0 heterocycles. The second kappa shape index (κ2) is 4.91. The van der Waals surface area contributed by atoms with Crippen molar-refractivity contribution in [2.45, 2.75) is 0 Å². The number of hydrazone groups is 1. The minimum Gasteiger partial charge on any atom is -0.311 e. The zero-order chi connectivity index (χ0) is 10.4. The van der Waals surface area contributed by atoms with E-state index in [4.69, 9.17) is 5.53 Å². The van der Waals surface area contributed by atoms with Gasteiger partial charge in [0.15, 0.2) is 5.84 Å². The standard InChI is InChI=1S/C10H12N4/c1-3-8-4-6-9(7-5-8)10(13-11)14-12-2/h3-7,11-12H,1H2,2H3/b13-11?,14-10-. The summed E-state index contributed by atoms with van der Waals surface area (Å²) in [6.45, 7) is 3.66. The summed E-state index contributed by atoms with van der Waals surface area (Å²) in [5.74, 6) is 0.364. The van der Waals surface area contributed by atoms with Gasteiger partial charge in [0.2, 0.25) is 0 Å². The number of amidine groups is 1. The van der Waals surface area contributed by atoms with Gasteiger partial charge in [-0.25, -0.2) is 5.53 Å². The van der Waals surface area contributed by atoms with E-state index in [1.807, 2.05) is 24.3 Å². The van der Waals surface area contributed by atoms with Crippen LogP contribution in [0.2, 0.25) is 0 Å². The van der Waals surface area contributed by atoms with Crippen LogP contribution in [0.15, 0.2) is 41.1 Å². The van der Waals surface area contributed by atoms with Crippen LogP contribution >= 0.6 is 0 Å². The average Bonchev–Trinajstić information content (AvgIpc) is 2.26. The molecule has 0 aliphatic heterocycles. The van der Waals surface area contributed by atoms with E-state index < -0.39 is 0 Å². The third-order valence-electron chi connectivity index (χ3n) is 1.73. The van der Waals surface area contributed by atoms with Crippen LogP contribution < -0.4 is 5.43 Å². The van der Waals surface area contributed by atoms with Gasteiger partial charge in [-0.2, -0.15) is 5.10 Å². The number of rotatable bonds is 3. The zero-order valence-corrected chi connectivity index (χ0v) is 7.99. The summed E-state index contributed by atoms with van der Waals surface area (Å²) < 4.78 is 0. The van der Waals surface area contributed by atoms with Crippen molar-refractivity contribution in [2.24, 2.45) is 10.2 Å². The maximum absolute atomic E-state index is 6.93. The minimum absolute atomic E-state index is 0.364. The number of hydrogen-bond donors (Lipinski definition) is 2. The van der Waals surface area contributed by atoms with E-state index in [0.717, 1.165) is 11.1 Å². The molecule has 1 aromatic rings. The molecule has 1 rings (SSSR count). The molecular formula is C10H12N4. The van der Waals surface area contributed by atoms with Gasteiger partial charge in [0, 0.05) is 12.6 Å². The van der Waals surface area contributed by atoms with Crippen molar-refractivity contribution in [2.75, 3.05) is 7.05 Å². The lowest BCUT2D eigenvalue weighted by molar-refractivity contribution is 0.892. The Morgan fingerprint density at radius 3 is 2.50 bits per heavy atom. The lowest BCUT2D eigenvalue weighted by Crippen LogP contribution is -2.03. The molecule has 0 radical (unpaired) electrons. The molecule has 0 saturated carbocycles. The van der Waals surface area contributed by atoms with Gasteiger partial charge < -0.3 is 5.43 Å². The third-order valence-corrected chi connectivity index (χ3v) is 1.73. The van der Waals surface area contributed by atoms with Gasteiger partial charge in [0.05, 0.1) is 0 Å². The Morgan fingerprint density at radius 1 is 1.43 bits per heavy atom. The summed E-state index contributed by atoms with van der Waals surface area (Å²) in [6.07, 6.45) is 1.76. The predicted molar refractivity (Wildman–Crippen MR) is 57.3 cm³/mol. The van der Waals surface area contributed by atoms with Crippen LogP contribution in [0.4, 0.5) is 0 Å². The summed E-state index contributed by atoms with van der Waals surface area (Å²) in [4.78, 5) is 0. The van der Waals surface area contributed by atoms with Crippen LogP contribution in [0.5, 0.6) is 0 Å². The Labute approximate surface area is 82.9 Å². The zero-order valence-electron chi connectivity index (χ0n) is 7.99. The third kappa shape index (κ3) is 2.26. The Morgan fingerprint density at radius 2 is 2.07 bits per heavy atom. The van der Waals surface area contributed by atoms with Gasteiger partial charge in [0.25, 0.3) is 0 Å². The Hall–Kier alpha value is -1.97. The molecule has 0 atom stereocenters. The summed E-state index contributed by atoms with van der Waals surface area (Å²) in [6, 6.07) is 7.51. The fraction of sp³-hybridized carbons (Fsp3) is 0.100. The van der Waals surface area contributed by atoms with Crippen molar-refractivity contribution >= 4 is 11.9 Å². The first-order valence-electron chi connectivity index (χ1n) is 4.16. The predicted octanol–water partition coefficient (Wildman–Crippen LogP) is 2.24. The minimum atomic E-state index is 0.364. The molecule has 72 valence electrons. The van der Waals surface area contributed by atoms with Crippen molar-refractivity contribution < 1.29 is 0 Å². The van der Waals surface area contributed by atoms with Gasteiger partial charge in [0.1, 0.15) is 0 Å². The molecule has 0 amide bonds. The topological polar surface area (TPSA) is 60.6 Å². The fourth-order valence-electron chi connectivity index (χ4n) is 1.03. The highest BCUT2D eigenvalue weighted by Crippen LogP contribution is 2.07. The van der Waals surface area contributed by atoms with Crippen LogP contribution in [0.25, 0.3) is 6.08 Å². The summed E-state index contributed by atoms with van der Waals surface area (Å²) in [5, 5.41) is 7.17. The lowest BCUT2D eigenvalue weighted by atomic mass is 10.1. The Bertz CT molecular complexity index is 351. The van der Waals surface area contributed by atoms with Crippen LogP contribution in [0.1, 0.15) is 11.1 Å². The van der Waals surface area contributed by atoms with E-state index in [-0.39, 0.29) is 0 Å². The molecule has 0 unspecified atom stereocenters. The second-order valence-electron chi connectivity index (χ2n) is 2.60. The van der Waals surface area contributed by atoms with Crippen molar-refractivity contribution in [3.05, 3.63) is 42.0 Å². The monoisotopic (exact) mass is 188 g/mol. The molecule has 4 nitrogen and oxygen atoms in total. The molecule has 0 aliphatic rings. The number of nitrogens with one attached hydrogen (secondary N) is 2. The van der Waals surface area contributed by atoms with E-state index in [1.165, 1.54) is 0 Å². The van der Waals surface area contributed by atoms with Crippen LogP contribution in [-0.2, 0) is 0 Å². The van der Waals surface area contributed by atoms with Crippen LogP contribution in [-0.4, -0.2) is 12.9 Å². The van der Waals surface area contributed by atoms with E-state index in [1.54, 1.807) is 13.1 Å².